The number of aliphatic hydroxyl groups is 1. The lowest BCUT2D eigenvalue weighted by Gasteiger charge is -2.46. The van der Waals surface area contributed by atoms with Gasteiger partial charge in [-0.2, -0.15) is 0 Å². The highest BCUT2D eigenvalue weighted by Crippen LogP contribution is 2.31. The van der Waals surface area contributed by atoms with Gasteiger partial charge in [-0.25, -0.2) is 4.39 Å². The Labute approximate surface area is 132 Å². The molecule has 0 spiro atoms. The number of nitrogens with zero attached hydrogens (tertiary/aromatic N) is 2. The van der Waals surface area contributed by atoms with Crippen LogP contribution in [-0.2, 0) is 0 Å². The summed E-state index contributed by atoms with van der Waals surface area (Å²) in [6, 6.07) is 7.62. The molecule has 0 radical (unpaired) electrons. The zero-order chi connectivity index (χ0) is 15.7. The predicted molar refractivity (Wildman–Crippen MR) is 87.6 cm³/mol. The highest BCUT2D eigenvalue weighted by Gasteiger charge is 2.37. The molecule has 2 saturated heterocycles. The van der Waals surface area contributed by atoms with Gasteiger partial charge in [-0.15, -0.1) is 0 Å². The maximum absolute atomic E-state index is 13.9. The highest BCUT2D eigenvalue weighted by atomic mass is 19.1. The molecule has 0 bridgehead atoms. The number of hydrogen-bond acceptors (Lipinski definition) is 3. The number of piperidine rings is 2. The van der Waals surface area contributed by atoms with Crippen LogP contribution in [0.1, 0.15) is 33.1 Å². The van der Waals surface area contributed by atoms with Gasteiger partial charge in [-0.3, -0.25) is 4.90 Å². The van der Waals surface area contributed by atoms with E-state index in [1.165, 1.54) is 6.07 Å². The number of likely N-dealkylation sites (tertiary alicyclic amines) is 1. The Morgan fingerprint density at radius 3 is 2.50 bits per heavy atom. The van der Waals surface area contributed by atoms with Crippen molar-refractivity contribution >= 4 is 5.69 Å². The second kappa shape index (κ2) is 6.17. The lowest BCUT2D eigenvalue weighted by atomic mass is 9.82. The predicted octanol–water partition coefficient (Wildman–Crippen LogP) is 2.89. The van der Waals surface area contributed by atoms with Crippen molar-refractivity contribution in [1.82, 2.24) is 4.90 Å². The van der Waals surface area contributed by atoms with Gasteiger partial charge >= 0.3 is 0 Å². The number of anilines is 1. The molecule has 1 aromatic carbocycles. The van der Waals surface area contributed by atoms with Gasteiger partial charge in [0.25, 0.3) is 0 Å². The van der Waals surface area contributed by atoms with E-state index in [-0.39, 0.29) is 5.82 Å². The Hall–Kier alpha value is -1.13. The Morgan fingerprint density at radius 1 is 1.18 bits per heavy atom. The first-order valence-electron chi connectivity index (χ1n) is 8.43. The topological polar surface area (TPSA) is 26.7 Å². The first-order valence-corrected chi connectivity index (χ1v) is 8.43. The van der Waals surface area contributed by atoms with E-state index in [1.807, 2.05) is 19.1 Å². The molecule has 22 heavy (non-hydrogen) atoms. The van der Waals surface area contributed by atoms with E-state index in [1.54, 1.807) is 6.07 Å². The van der Waals surface area contributed by atoms with Crippen LogP contribution >= 0.6 is 0 Å². The van der Waals surface area contributed by atoms with E-state index in [4.69, 9.17) is 0 Å². The van der Waals surface area contributed by atoms with Gasteiger partial charge in [-0.1, -0.05) is 19.1 Å². The molecule has 0 aliphatic carbocycles. The van der Waals surface area contributed by atoms with Crippen LogP contribution in [0.25, 0.3) is 0 Å². The summed E-state index contributed by atoms with van der Waals surface area (Å²) in [6.45, 7) is 7.86. The fraction of sp³-hybridized carbons (Fsp3) is 0.667. The molecule has 2 atom stereocenters. The normalized spacial score (nSPS) is 31.5. The summed E-state index contributed by atoms with van der Waals surface area (Å²) >= 11 is 0. The summed E-state index contributed by atoms with van der Waals surface area (Å²) in [4.78, 5) is 4.69. The molecular weight excluding hydrogens is 279 g/mol. The molecule has 2 aliphatic heterocycles. The van der Waals surface area contributed by atoms with E-state index < -0.39 is 5.60 Å². The highest BCUT2D eigenvalue weighted by molar-refractivity contribution is 5.47. The van der Waals surface area contributed by atoms with E-state index in [9.17, 15) is 9.50 Å². The van der Waals surface area contributed by atoms with Crippen molar-refractivity contribution in [2.75, 3.05) is 31.1 Å². The molecule has 3 rings (SSSR count). The fourth-order valence-corrected chi connectivity index (χ4v) is 3.77. The zero-order valence-corrected chi connectivity index (χ0v) is 13.6. The van der Waals surface area contributed by atoms with E-state index in [0.29, 0.717) is 12.0 Å². The molecule has 2 aliphatic rings. The van der Waals surface area contributed by atoms with Crippen molar-refractivity contribution in [2.45, 2.75) is 44.8 Å². The summed E-state index contributed by atoms with van der Waals surface area (Å²) in [7, 11) is 0. The van der Waals surface area contributed by atoms with Crippen LogP contribution in [0, 0.1) is 11.7 Å². The minimum atomic E-state index is -0.523. The third-order valence-corrected chi connectivity index (χ3v) is 5.65. The van der Waals surface area contributed by atoms with Crippen LogP contribution < -0.4 is 4.90 Å². The maximum Gasteiger partial charge on any atom is 0.146 e. The van der Waals surface area contributed by atoms with Crippen molar-refractivity contribution in [2.24, 2.45) is 5.92 Å². The first kappa shape index (κ1) is 15.8. The third-order valence-electron chi connectivity index (χ3n) is 5.65. The molecule has 4 heteroatoms. The summed E-state index contributed by atoms with van der Waals surface area (Å²) < 4.78 is 13.9. The number of benzene rings is 1. The lowest BCUT2D eigenvalue weighted by Crippen LogP contribution is -2.54. The minimum Gasteiger partial charge on any atom is -0.390 e. The standard InChI is InChI=1S/C18H27FN2O/c1-14-13-21(12-9-18(14,2)22)15-7-10-20(11-8-15)17-6-4-3-5-16(17)19/h3-6,14-15,22H,7-13H2,1-2H3/t14-,18+/m1/s1. The largest absolute Gasteiger partial charge is 0.390 e. The van der Waals surface area contributed by atoms with Crippen molar-refractivity contribution in [3.05, 3.63) is 30.1 Å². The van der Waals surface area contributed by atoms with Crippen LogP contribution in [0.2, 0.25) is 0 Å². The molecule has 2 heterocycles. The van der Waals surface area contributed by atoms with Crippen molar-refractivity contribution in [1.29, 1.82) is 0 Å². The Morgan fingerprint density at radius 2 is 1.86 bits per heavy atom. The van der Waals surface area contributed by atoms with Crippen LogP contribution in [0.4, 0.5) is 10.1 Å². The summed E-state index contributed by atoms with van der Waals surface area (Å²) in [6.07, 6.45) is 2.99. The van der Waals surface area contributed by atoms with Gasteiger partial charge in [0.2, 0.25) is 0 Å². The van der Waals surface area contributed by atoms with Crippen LogP contribution in [0.5, 0.6) is 0 Å². The Kier molecular flexibility index (Phi) is 4.42. The Bertz CT molecular complexity index is 512. The van der Waals surface area contributed by atoms with E-state index in [2.05, 4.69) is 16.7 Å². The molecule has 0 aromatic heterocycles. The number of halogens is 1. The fourth-order valence-electron chi connectivity index (χ4n) is 3.77. The zero-order valence-electron chi connectivity index (χ0n) is 13.6. The summed E-state index contributed by atoms with van der Waals surface area (Å²) in [5, 5.41) is 10.3. The van der Waals surface area contributed by atoms with Crippen LogP contribution in [0.15, 0.2) is 24.3 Å². The minimum absolute atomic E-state index is 0.122. The SMILES string of the molecule is C[C@@H]1CN(C2CCN(c3ccccc3F)CC2)CC[C@]1(C)O. The maximum atomic E-state index is 13.9. The van der Waals surface area contributed by atoms with Gasteiger partial charge in [0.1, 0.15) is 5.82 Å². The molecule has 0 saturated carbocycles. The van der Waals surface area contributed by atoms with E-state index >= 15 is 0 Å². The van der Waals surface area contributed by atoms with Crippen molar-refractivity contribution in [3.63, 3.8) is 0 Å². The molecular formula is C18H27FN2O. The summed E-state index contributed by atoms with van der Waals surface area (Å²) in [5.41, 5.74) is 0.209. The van der Waals surface area contributed by atoms with Gasteiger partial charge < -0.3 is 10.0 Å². The second-order valence-corrected chi connectivity index (χ2v) is 7.17. The van der Waals surface area contributed by atoms with E-state index in [0.717, 1.165) is 51.1 Å². The second-order valence-electron chi connectivity index (χ2n) is 7.17. The molecule has 0 unspecified atom stereocenters. The molecule has 3 nitrogen and oxygen atoms in total. The smallest absolute Gasteiger partial charge is 0.146 e. The van der Waals surface area contributed by atoms with Gasteiger partial charge in [0.15, 0.2) is 0 Å². The first-order chi connectivity index (χ1) is 10.5. The molecule has 0 amide bonds. The van der Waals surface area contributed by atoms with Crippen molar-refractivity contribution in [3.8, 4) is 0 Å². The van der Waals surface area contributed by atoms with Crippen LogP contribution in [-0.4, -0.2) is 47.8 Å². The van der Waals surface area contributed by atoms with Gasteiger partial charge in [0.05, 0.1) is 11.3 Å². The van der Waals surface area contributed by atoms with Crippen molar-refractivity contribution < 1.29 is 9.50 Å². The average molecular weight is 306 g/mol. The number of hydrogen-bond donors (Lipinski definition) is 1. The summed E-state index contributed by atoms with van der Waals surface area (Å²) in [5.74, 6) is 0.189. The lowest BCUT2D eigenvalue weighted by molar-refractivity contribution is -0.0621. The average Bonchev–Trinajstić information content (AvgIpc) is 2.51. The van der Waals surface area contributed by atoms with Crippen LogP contribution in [0.3, 0.4) is 0 Å². The van der Waals surface area contributed by atoms with Gasteiger partial charge in [-0.05, 0) is 44.2 Å². The number of rotatable bonds is 2. The quantitative estimate of drug-likeness (QED) is 0.910. The molecule has 1 aromatic rings. The molecule has 1 N–H and O–H groups in total. The number of para-hydroxylation sites is 1. The molecule has 2 fully saturated rings. The Balaban J connectivity index is 1.57. The van der Waals surface area contributed by atoms with Gasteiger partial charge in [0, 0.05) is 32.2 Å². The monoisotopic (exact) mass is 306 g/mol. The third kappa shape index (κ3) is 3.13. The molecule has 122 valence electrons.